The van der Waals surface area contributed by atoms with Crippen LogP contribution in [-0.2, 0) is 12.7 Å². The molecule has 0 radical (unpaired) electrons. The molecule has 0 aliphatic rings. The van der Waals surface area contributed by atoms with Crippen molar-refractivity contribution >= 4 is 11.6 Å². The van der Waals surface area contributed by atoms with Gasteiger partial charge in [-0.25, -0.2) is 4.39 Å². The molecule has 0 N–H and O–H groups in total. The Morgan fingerprint density at radius 2 is 1.86 bits per heavy atom. The van der Waals surface area contributed by atoms with E-state index in [0.717, 1.165) is 12.1 Å². The zero-order valence-corrected chi connectivity index (χ0v) is 15.2. The molecule has 0 fully saturated rings. The molecule has 0 unspecified atom stereocenters. The summed E-state index contributed by atoms with van der Waals surface area (Å²) in [6.45, 7) is -0.0990. The second-order valence-electron chi connectivity index (χ2n) is 5.82. The number of aromatic nitrogens is 2. The van der Waals surface area contributed by atoms with E-state index >= 15 is 0 Å². The molecule has 0 bridgehead atoms. The van der Waals surface area contributed by atoms with Gasteiger partial charge in [-0.2, -0.15) is 18.2 Å². The van der Waals surface area contributed by atoms with Crippen molar-refractivity contribution in [3.63, 3.8) is 0 Å². The Morgan fingerprint density at radius 1 is 1.14 bits per heavy atom. The maximum absolute atomic E-state index is 14.1. The number of rotatable bonds is 4. The molecule has 146 valence electrons. The first kappa shape index (κ1) is 19.9. The summed E-state index contributed by atoms with van der Waals surface area (Å²) in [5.41, 5.74) is -1.70. The van der Waals surface area contributed by atoms with Crippen molar-refractivity contribution < 1.29 is 22.3 Å². The van der Waals surface area contributed by atoms with Gasteiger partial charge >= 0.3 is 11.7 Å². The number of methoxy groups -OCH3 is 1. The number of hydrogen-bond donors (Lipinski definition) is 0. The highest BCUT2D eigenvalue weighted by Crippen LogP contribution is 2.39. The molecule has 4 nitrogen and oxygen atoms in total. The Kier molecular flexibility index (Phi) is 5.42. The van der Waals surface area contributed by atoms with Gasteiger partial charge in [0.25, 0.3) is 0 Å². The molecule has 1 heterocycles. The van der Waals surface area contributed by atoms with Crippen molar-refractivity contribution in [2.75, 3.05) is 7.11 Å². The van der Waals surface area contributed by atoms with Gasteiger partial charge in [-0.3, -0.25) is 4.79 Å². The average Bonchev–Trinajstić information content (AvgIpc) is 2.64. The average molecular weight is 413 g/mol. The summed E-state index contributed by atoms with van der Waals surface area (Å²) < 4.78 is 59.9. The van der Waals surface area contributed by atoms with Gasteiger partial charge in [-0.05, 0) is 18.2 Å². The van der Waals surface area contributed by atoms with Gasteiger partial charge in [-0.1, -0.05) is 35.9 Å². The fourth-order valence-electron chi connectivity index (χ4n) is 2.68. The Bertz CT molecular complexity index is 1080. The van der Waals surface area contributed by atoms with E-state index in [1.54, 1.807) is 6.07 Å². The Morgan fingerprint density at radius 3 is 2.50 bits per heavy atom. The minimum atomic E-state index is -4.68. The van der Waals surface area contributed by atoms with E-state index in [-0.39, 0.29) is 29.2 Å². The van der Waals surface area contributed by atoms with Gasteiger partial charge in [-0.15, -0.1) is 0 Å². The van der Waals surface area contributed by atoms with E-state index in [0.29, 0.717) is 0 Å². The Balaban J connectivity index is 2.23. The molecule has 0 aliphatic carbocycles. The second kappa shape index (κ2) is 7.63. The first-order valence-corrected chi connectivity index (χ1v) is 8.35. The largest absolute Gasteiger partial charge is 0.490 e. The highest BCUT2D eigenvalue weighted by molar-refractivity contribution is 6.34. The lowest BCUT2D eigenvalue weighted by atomic mass is 10.1. The van der Waals surface area contributed by atoms with Crippen molar-refractivity contribution in [2.45, 2.75) is 12.7 Å². The first-order chi connectivity index (χ1) is 13.2. The molecule has 9 heteroatoms. The summed E-state index contributed by atoms with van der Waals surface area (Å²) in [6, 6.07) is 9.18. The molecule has 0 spiro atoms. The van der Waals surface area contributed by atoms with Gasteiger partial charge in [0.1, 0.15) is 11.6 Å². The molecule has 1 aromatic heterocycles. The van der Waals surface area contributed by atoms with Crippen molar-refractivity contribution in [3.05, 3.63) is 81.0 Å². The third-order valence-corrected chi connectivity index (χ3v) is 4.43. The van der Waals surface area contributed by atoms with Crippen molar-refractivity contribution in [1.82, 2.24) is 9.55 Å². The van der Waals surface area contributed by atoms with E-state index in [2.05, 4.69) is 4.98 Å². The minimum absolute atomic E-state index is 0.0990. The SMILES string of the molecule is COc1cn(Cc2ccccc2F)c(-c2cccc(C(F)(F)F)c2Cl)nc1=O. The van der Waals surface area contributed by atoms with Crippen LogP contribution in [0.15, 0.2) is 53.5 Å². The van der Waals surface area contributed by atoms with Crippen LogP contribution >= 0.6 is 11.6 Å². The number of nitrogens with zero attached hydrogens (tertiary/aromatic N) is 2. The number of ether oxygens (including phenoxy) is 1. The lowest BCUT2D eigenvalue weighted by molar-refractivity contribution is -0.137. The maximum Gasteiger partial charge on any atom is 0.417 e. The topological polar surface area (TPSA) is 44.1 Å². The highest BCUT2D eigenvalue weighted by atomic mass is 35.5. The van der Waals surface area contributed by atoms with Crippen LogP contribution in [0.2, 0.25) is 5.02 Å². The highest BCUT2D eigenvalue weighted by Gasteiger charge is 2.34. The molecule has 0 saturated heterocycles. The first-order valence-electron chi connectivity index (χ1n) is 7.97. The van der Waals surface area contributed by atoms with Crippen LogP contribution < -0.4 is 10.3 Å². The maximum atomic E-state index is 14.1. The third kappa shape index (κ3) is 3.87. The van der Waals surface area contributed by atoms with Crippen molar-refractivity contribution in [2.24, 2.45) is 0 Å². The zero-order valence-electron chi connectivity index (χ0n) is 14.4. The molecule has 3 aromatic rings. The predicted octanol–water partition coefficient (Wildman–Crippen LogP) is 4.78. The smallest absolute Gasteiger partial charge is 0.417 e. The van der Waals surface area contributed by atoms with Crippen molar-refractivity contribution in [3.8, 4) is 17.1 Å². The van der Waals surface area contributed by atoms with E-state index in [9.17, 15) is 22.4 Å². The summed E-state index contributed by atoms with van der Waals surface area (Å²) in [5.74, 6) is -0.783. The van der Waals surface area contributed by atoms with Crippen LogP contribution in [0.4, 0.5) is 17.6 Å². The summed E-state index contributed by atoms with van der Waals surface area (Å²) in [5, 5.41) is -0.602. The van der Waals surface area contributed by atoms with Gasteiger partial charge in [0, 0.05) is 11.1 Å². The molecule has 0 saturated carbocycles. The summed E-state index contributed by atoms with van der Waals surface area (Å²) >= 11 is 5.98. The van der Waals surface area contributed by atoms with E-state index in [1.807, 2.05) is 0 Å². The molecule has 28 heavy (non-hydrogen) atoms. The summed E-state index contributed by atoms with van der Waals surface area (Å²) in [6.07, 6.45) is -3.43. The minimum Gasteiger partial charge on any atom is -0.490 e. The molecule has 0 atom stereocenters. The second-order valence-corrected chi connectivity index (χ2v) is 6.20. The van der Waals surface area contributed by atoms with Crippen LogP contribution in [0.1, 0.15) is 11.1 Å². The molecular formula is C19H13ClF4N2O2. The van der Waals surface area contributed by atoms with Crippen molar-refractivity contribution in [1.29, 1.82) is 0 Å². The molecule has 3 rings (SSSR count). The van der Waals surface area contributed by atoms with Crippen LogP contribution in [0, 0.1) is 5.82 Å². The fraction of sp³-hybridized carbons (Fsp3) is 0.158. The van der Waals surface area contributed by atoms with Crippen LogP contribution in [0.3, 0.4) is 0 Å². The van der Waals surface area contributed by atoms with E-state index < -0.39 is 28.1 Å². The fourth-order valence-corrected chi connectivity index (χ4v) is 3.00. The summed E-state index contributed by atoms with van der Waals surface area (Å²) in [7, 11) is 1.25. The third-order valence-electron chi connectivity index (χ3n) is 4.03. The lowest BCUT2D eigenvalue weighted by Gasteiger charge is -2.17. The molecular weight excluding hydrogens is 400 g/mol. The quantitative estimate of drug-likeness (QED) is 0.579. The van der Waals surface area contributed by atoms with Gasteiger partial charge < -0.3 is 9.30 Å². The lowest BCUT2D eigenvalue weighted by Crippen LogP contribution is -2.18. The van der Waals surface area contributed by atoms with Crippen LogP contribution in [0.5, 0.6) is 5.75 Å². The summed E-state index contributed by atoms with van der Waals surface area (Å²) in [4.78, 5) is 16.0. The normalized spacial score (nSPS) is 11.5. The number of benzene rings is 2. The van der Waals surface area contributed by atoms with Gasteiger partial charge in [0.2, 0.25) is 5.75 Å². The Hall–Kier alpha value is -2.87. The standard InChI is InChI=1S/C19H13ClF4N2O2/c1-28-15-10-26(9-11-5-2-3-8-14(11)21)17(25-18(15)27)12-6-4-7-13(16(12)20)19(22,23)24/h2-8,10H,9H2,1H3. The van der Waals surface area contributed by atoms with Crippen LogP contribution in [-0.4, -0.2) is 16.7 Å². The zero-order chi connectivity index (χ0) is 20.5. The van der Waals surface area contributed by atoms with E-state index in [4.69, 9.17) is 16.3 Å². The van der Waals surface area contributed by atoms with Crippen LogP contribution in [0.25, 0.3) is 11.4 Å². The number of alkyl halides is 3. The van der Waals surface area contributed by atoms with Gasteiger partial charge in [0.05, 0.1) is 30.4 Å². The monoisotopic (exact) mass is 412 g/mol. The molecule has 2 aromatic carbocycles. The predicted molar refractivity (Wildman–Crippen MR) is 96.0 cm³/mol. The molecule has 0 amide bonds. The Labute approximate surface area is 162 Å². The van der Waals surface area contributed by atoms with Gasteiger partial charge in [0.15, 0.2) is 0 Å². The molecule has 0 aliphatic heterocycles. The number of hydrogen-bond acceptors (Lipinski definition) is 3. The number of halogens is 5. The van der Waals surface area contributed by atoms with E-state index in [1.165, 1.54) is 42.1 Å².